The molecule has 17 heavy (non-hydrogen) atoms. The molecule has 1 aliphatic carbocycles. The molecule has 6 heteroatoms. The molecule has 3 N–H and O–H groups in total. The van der Waals surface area contributed by atoms with Crippen molar-refractivity contribution in [3.63, 3.8) is 0 Å². The summed E-state index contributed by atoms with van der Waals surface area (Å²) in [6, 6.07) is -1.42. The van der Waals surface area contributed by atoms with E-state index in [4.69, 9.17) is 10.2 Å². The zero-order valence-electron chi connectivity index (χ0n) is 10.1. The maximum Gasteiger partial charge on any atom is 0.328 e. The zero-order chi connectivity index (χ0) is 12.8. The lowest BCUT2D eigenvalue weighted by Gasteiger charge is -2.28. The van der Waals surface area contributed by atoms with Crippen molar-refractivity contribution >= 4 is 12.0 Å². The number of carbonyl (C=O) groups excluding carboxylic acids is 1. The van der Waals surface area contributed by atoms with Gasteiger partial charge in [0.1, 0.15) is 0 Å². The second-order valence-corrected chi connectivity index (χ2v) is 4.25. The molecule has 6 nitrogen and oxygen atoms in total. The van der Waals surface area contributed by atoms with E-state index in [0.29, 0.717) is 6.54 Å². The third-order valence-electron chi connectivity index (χ3n) is 3.15. The standard InChI is InChI=1S/C11H20N2O4/c1-2-13(8-5-3-4-6-8)11(17)12-9(7-14)10(15)16/h8-9,14H,2-7H2,1H3,(H,12,17)(H,15,16)/t9-/m0/s1. The molecule has 0 radical (unpaired) electrons. The van der Waals surface area contributed by atoms with Gasteiger partial charge in [-0.3, -0.25) is 0 Å². The fraction of sp³-hybridized carbons (Fsp3) is 0.818. The number of amides is 2. The SMILES string of the molecule is CCN(C(=O)N[C@@H](CO)C(=O)O)C1CCCC1. The average molecular weight is 244 g/mol. The van der Waals surface area contributed by atoms with Gasteiger partial charge in [-0.1, -0.05) is 12.8 Å². The molecule has 0 saturated heterocycles. The predicted octanol–water partition coefficient (Wildman–Crippen LogP) is 0.406. The maximum atomic E-state index is 11.9. The van der Waals surface area contributed by atoms with Crippen LogP contribution in [0.1, 0.15) is 32.6 Å². The Hall–Kier alpha value is -1.30. The first kappa shape index (κ1) is 13.8. The lowest BCUT2D eigenvalue weighted by atomic mass is 10.2. The van der Waals surface area contributed by atoms with E-state index in [2.05, 4.69) is 5.32 Å². The largest absolute Gasteiger partial charge is 0.480 e. The third kappa shape index (κ3) is 3.59. The van der Waals surface area contributed by atoms with Crippen LogP contribution in [0.2, 0.25) is 0 Å². The molecular weight excluding hydrogens is 224 g/mol. The van der Waals surface area contributed by atoms with Crippen LogP contribution in [0.3, 0.4) is 0 Å². The van der Waals surface area contributed by atoms with Crippen molar-refractivity contribution in [2.75, 3.05) is 13.2 Å². The van der Waals surface area contributed by atoms with Gasteiger partial charge in [0.2, 0.25) is 0 Å². The number of carbonyl (C=O) groups is 2. The van der Waals surface area contributed by atoms with Gasteiger partial charge in [0.15, 0.2) is 6.04 Å². The Morgan fingerprint density at radius 3 is 2.41 bits per heavy atom. The molecule has 0 aliphatic heterocycles. The van der Waals surface area contributed by atoms with Crippen LogP contribution in [0.25, 0.3) is 0 Å². The molecular formula is C11H20N2O4. The quantitative estimate of drug-likeness (QED) is 0.653. The number of aliphatic hydroxyl groups is 1. The molecule has 1 saturated carbocycles. The summed E-state index contributed by atoms with van der Waals surface area (Å²) in [6.45, 7) is 1.82. The van der Waals surface area contributed by atoms with Gasteiger partial charge in [-0.15, -0.1) is 0 Å². The van der Waals surface area contributed by atoms with Crippen LogP contribution in [0.15, 0.2) is 0 Å². The molecule has 2 amide bonds. The number of nitrogens with zero attached hydrogens (tertiary/aromatic N) is 1. The fourth-order valence-electron chi connectivity index (χ4n) is 2.20. The summed E-state index contributed by atoms with van der Waals surface area (Å²) in [6.07, 6.45) is 4.16. The number of urea groups is 1. The van der Waals surface area contributed by atoms with Crippen molar-refractivity contribution < 1.29 is 19.8 Å². The molecule has 1 aliphatic rings. The molecule has 1 fully saturated rings. The number of carboxylic acids is 1. The number of hydrogen-bond acceptors (Lipinski definition) is 3. The van der Waals surface area contributed by atoms with Crippen molar-refractivity contribution in [2.24, 2.45) is 0 Å². The van der Waals surface area contributed by atoms with Crippen molar-refractivity contribution in [1.29, 1.82) is 0 Å². The lowest BCUT2D eigenvalue weighted by Crippen LogP contribution is -2.52. The summed E-state index contributed by atoms with van der Waals surface area (Å²) in [5, 5.41) is 19.9. The summed E-state index contributed by atoms with van der Waals surface area (Å²) in [4.78, 5) is 24.2. The van der Waals surface area contributed by atoms with Crippen LogP contribution in [0.4, 0.5) is 4.79 Å². The Labute approximate surface area is 101 Å². The molecule has 0 aromatic rings. The second-order valence-electron chi connectivity index (χ2n) is 4.25. The van der Waals surface area contributed by atoms with E-state index in [-0.39, 0.29) is 6.04 Å². The minimum Gasteiger partial charge on any atom is -0.480 e. The minimum absolute atomic E-state index is 0.202. The third-order valence-corrected chi connectivity index (χ3v) is 3.15. The van der Waals surface area contributed by atoms with E-state index >= 15 is 0 Å². The van der Waals surface area contributed by atoms with Crippen molar-refractivity contribution in [3.05, 3.63) is 0 Å². The predicted molar refractivity (Wildman–Crippen MR) is 61.7 cm³/mol. The Morgan fingerprint density at radius 1 is 1.41 bits per heavy atom. The molecule has 0 heterocycles. The zero-order valence-corrected chi connectivity index (χ0v) is 10.1. The van der Waals surface area contributed by atoms with Gasteiger partial charge in [-0.2, -0.15) is 0 Å². The summed E-state index contributed by atoms with van der Waals surface area (Å²) in [5.74, 6) is -1.22. The summed E-state index contributed by atoms with van der Waals surface area (Å²) in [5.41, 5.74) is 0. The molecule has 0 bridgehead atoms. The van der Waals surface area contributed by atoms with Gasteiger partial charge in [0, 0.05) is 12.6 Å². The molecule has 0 spiro atoms. The number of carboxylic acid groups (broad SMARTS) is 1. The summed E-state index contributed by atoms with van der Waals surface area (Å²) < 4.78 is 0. The summed E-state index contributed by atoms with van der Waals surface area (Å²) in [7, 11) is 0. The molecule has 1 atom stereocenters. The van der Waals surface area contributed by atoms with Crippen molar-refractivity contribution in [2.45, 2.75) is 44.7 Å². The van der Waals surface area contributed by atoms with Gasteiger partial charge >= 0.3 is 12.0 Å². The van der Waals surface area contributed by atoms with Crippen LogP contribution >= 0.6 is 0 Å². The number of rotatable bonds is 5. The molecule has 0 aromatic carbocycles. The molecule has 98 valence electrons. The van der Waals surface area contributed by atoms with E-state index in [1.54, 1.807) is 4.90 Å². The van der Waals surface area contributed by atoms with E-state index < -0.39 is 24.6 Å². The maximum absolute atomic E-state index is 11.9. The van der Waals surface area contributed by atoms with Crippen LogP contribution in [0, 0.1) is 0 Å². The monoisotopic (exact) mass is 244 g/mol. The molecule has 0 aromatic heterocycles. The first-order valence-electron chi connectivity index (χ1n) is 6.01. The highest BCUT2D eigenvalue weighted by atomic mass is 16.4. The Kier molecular flexibility index (Phi) is 5.21. The van der Waals surface area contributed by atoms with Crippen LogP contribution in [-0.2, 0) is 4.79 Å². The highest BCUT2D eigenvalue weighted by Crippen LogP contribution is 2.23. The van der Waals surface area contributed by atoms with E-state index in [9.17, 15) is 9.59 Å². The first-order chi connectivity index (χ1) is 8.10. The highest BCUT2D eigenvalue weighted by Gasteiger charge is 2.28. The second kappa shape index (κ2) is 6.44. The van der Waals surface area contributed by atoms with E-state index in [1.165, 1.54) is 0 Å². The fourth-order valence-corrected chi connectivity index (χ4v) is 2.20. The smallest absolute Gasteiger partial charge is 0.328 e. The van der Waals surface area contributed by atoms with Gasteiger partial charge in [0.05, 0.1) is 6.61 Å². The highest BCUT2D eigenvalue weighted by molar-refractivity contribution is 5.82. The van der Waals surface area contributed by atoms with E-state index in [1.807, 2.05) is 6.92 Å². The summed E-state index contributed by atoms with van der Waals surface area (Å²) >= 11 is 0. The molecule has 1 rings (SSSR count). The molecule has 0 unspecified atom stereocenters. The number of hydrogen-bond donors (Lipinski definition) is 3. The average Bonchev–Trinajstić information content (AvgIpc) is 2.80. The van der Waals surface area contributed by atoms with Crippen molar-refractivity contribution in [1.82, 2.24) is 10.2 Å². The van der Waals surface area contributed by atoms with Gasteiger partial charge < -0.3 is 20.4 Å². The number of aliphatic carboxylic acids is 1. The van der Waals surface area contributed by atoms with Crippen molar-refractivity contribution in [3.8, 4) is 0 Å². The van der Waals surface area contributed by atoms with Gasteiger partial charge in [-0.25, -0.2) is 9.59 Å². The number of nitrogens with one attached hydrogen (secondary N) is 1. The topological polar surface area (TPSA) is 89.9 Å². The lowest BCUT2D eigenvalue weighted by molar-refractivity contribution is -0.140. The Morgan fingerprint density at radius 2 is 2.00 bits per heavy atom. The Bertz CT molecular complexity index is 277. The number of aliphatic hydroxyl groups excluding tert-OH is 1. The first-order valence-corrected chi connectivity index (χ1v) is 6.01. The van der Waals surface area contributed by atoms with Crippen LogP contribution < -0.4 is 5.32 Å². The Balaban J connectivity index is 2.56. The van der Waals surface area contributed by atoms with Gasteiger partial charge in [0.25, 0.3) is 0 Å². The van der Waals surface area contributed by atoms with E-state index in [0.717, 1.165) is 25.7 Å². The van der Waals surface area contributed by atoms with Gasteiger partial charge in [-0.05, 0) is 19.8 Å². The normalized spacial score (nSPS) is 17.8. The van der Waals surface area contributed by atoms with Crippen LogP contribution in [0.5, 0.6) is 0 Å². The minimum atomic E-state index is -1.22. The van der Waals surface area contributed by atoms with Crippen LogP contribution in [-0.4, -0.2) is 52.3 Å².